The number of nitrogens with zero attached hydrogens (tertiary/aromatic N) is 1. The summed E-state index contributed by atoms with van der Waals surface area (Å²) in [6, 6.07) is 14.6. The Balaban J connectivity index is 1.53. The first-order chi connectivity index (χ1) is 14.4. The molecule has 0 aliphatic carbocycles. The van der Waals surface area contributed by atoms with Gasteiger partial charge in [0.25, 0.3) is 5.91 Å². The van der Waals surface area contributed by atoms with Gasteiger partial charge in [0, 0.05) is 40.7 Å². The average Bonchev–Trinajstić information content (AvgIpc) is 3.13. The summed E-state index contributed by atoms with van der Waals surface area (Å²) in [5.41, 5.74) is 2.52. The Morgan fingerprint density at radius 3 is 2.57 bits per heavy atom. The highest BCUT2D eigenvalue weighted by atomic mass is 35.5. The van der Waals surface area contributed by atoms with Gasteiger partial charge < -0.3 is 10.6 Å². The summed E-state index contributed by atoms with van der Waals surface area (Å²) >= 11 is 7.46. The molecule has 156 valence electrons. The first kappa shape index (κ1) is 21.8. The zero-order chi connectivity index (χ0) is 21.5. The fourth-order valence-corrected chi connectivity index (χ4v) is 3.79. The zero-order valence-corrected chi connectivity index (χ0v) is 18.3. The maximum Gasteiger partial charge on any atom is 0.315 e. The minimum atomic E-state index is -0.226. The van der Waals surface area contributed by atoms with Crippen LogP contribution in [0.2, 0.25) is 5.02 Å². The van der Waals surface area contributed by atoms with E-state index in [-0.39, 0.29) is 18.0 Å². The molecule has 3 rings (SSSR count). The Bertz CT molecular complexity index is 1020. The van der Waals surface area contributed by atoms with Crippen molar-refractivity contribution in [3.05, 3.63) is 81.3 Å². The van der Waals surface area contributed by atoms with Crippen molar-refractivity contribution in [2.45, 2.75) is 32.9 Å². The first-order valence-electron chi connectivity index (χ1n) is 9.53. The number of urea groups is 1. The summed E-state index contributed by atoms with van der Waals surface area (Å²) in [7, 11) is 0. The lowest BCUT2D eigenvalue weighted by Crippen LogP contribution is -2.39. The second-order valence-corrected chi connectivity index (χ2v) is 8.62. The number of carbonyl (C=O) groups excluding carboxylic acids is 2. The van der Waals surface area contributed by atoms with Gasteiger partial charge >= 0.3 is 6.03 Å². The number of aromatic nitrogens is 1. The van der Waals surface area contributed by atoms with Crippen LogP contribution in [0.15, 0.2) is 54.7 Å². The predicted molar refractivity (Wildman–Crippen MR) is 121 cm³/mol. The number of thiazole rings is 1. The number of halogens is 1. The van der Waals surface area contributed by atoms with Crippen molar-refractivity contribution >= 4 is 40.0 Å². The van der Waals surface area contributed by atoms with E-state index in [1.807, 2.05) is 50.2 Å². The van der Waals surface area contributed by atoms with Crippen LogP contribution in [0.3, 0.4) is 0 Å². The van der Waals surface area contributed by atoms with Crippen LogP contribution < -0.4 is 16.0 Å². The van der Waals surface area contributed by atoms with Crippen LogP contribution in [0.1, 0.15) is 40.2 Å². The summed E-state index contributed by atoms with van der Waals surface area (Å²) in [5.74, 6) is -0.226. The molecule has 0 saturated heterocycles. The third-order valence-electron chi connectivity index (χ3n) is 4.13. The molecule has 1 heterocycles. The van der Waals surface area contributed by atoms with Crippen molar-refractivity contribution in [2.24, 2.45) is 0 Å². The molecule has 0 bridgehead atoms. The van der Waals surface area contributed by atoms with Gasteiger partial charge in [0.2, 0.25) is 0 Å². The molecule has 3 N–H and O–H groups in total. The number of amides is 3. The number of anilines is 1. The molecule has 8 heteroatoms. The van der Waals surface area contributed by atoms with Crippen LogP contribution in [0.25, 0.3) is 0 Å². The molecule has 3 aromatic rings. The molecule has 2 aromatic carbocycles. The van der Waals surface area contributed by atoms with Gasteiger partial charge in [-0.25, -0.2) is 9.78 Å². The molecule has 1 aromatic heterocycles. The van der Waals surface area contributed by atoms with Gasteiger partial charge in [0.15, 0.2) is 5.13 Å². The number of benzene rings is 2. The Kier molecular flexibility index (Phi) is 7.43. The van der Waals surface area contributed by atoms with Crippen molar-refractivity contribution in [3.8, 4) is 0 Å². The maximum atomic E-state index is 12.5. The van der Waals surface area contributed by atoms with Crippen molar-refractivity contribution in [3.63, 3.8) is 0 Å². The van der Waals surface area contributed by atoms with Gasteiger partial charge in [-0.2, -0.15) is 0 Å². The minimum absolute atomic E-state index is 0.0768. The quantitative estimate of drug-likeness (QED) is 0.489. The lowest BCUT2D eigenvalue weighted by Gasteiger charge is -2.10. The summed E-state index contributed by atoms with van der Waals surface area (Å²) < 4.78 is 0. The number of nitrogens with one attached hydrogen (secondary N) is 3. The fourth-order valence-electron chi connectivity index (χ4n) is 2.73. The van der Waals surface area contributed by atoms with Crippen molar-refractivity contribution < 1.29 is 9.59 Å². The highest BCUT2D eigenvalue weighted by Crippen LogP contribution is 2.23. The lowest BCUT2D eigenvalue weighted by atomic mass is 10.1. The Morgan fingerprint density at radius 2 is 1.87 bits per heavy atom. The molecular weight excluding hydrogens is 420 g/mol. The van der Waals surface area contributed by atoms with Crippen LogP contribution in [-0.2, 0) is 13.0 Å². The van der Waals surface area contributed by atoms with E-state index >= 15 is 0 Å². The van der Waals surface area contributed by atoms with E-state index in [4.69, 9.17) is 11.6 Å². The summed E-state index contributed by atoms with van der Waals surface area (Å²) in [4.78, 5) is 29.4. The second-order valence-electron chi connectivity index (χ2n) is 7.07. The third-order valence-corrected chi connectivity index (χ3v) is 5.28. The van der Waals surface area contributed by atoms with E-state index in [1.54, 1.807) is 18.3 Å². The summed E-state index contributed by atoms with van der Waals surface area (Å²) in [6.07, 6.45) is 2.47. The van der Waals surface area contributed by atoms with E-state index in [2.05, 4.69) is 20.9 Å². The Morgan fingerprint density at radius 1 is 1.10 bits per heavy atom. The van der Waals surface area contributed by atoms with Crippen LogP contribution in [0.4, 0.5) is 9.93 Å². The summed E-state index contributed by atoms with van der Waals surface area (Å²) in [6.45, 7) is 4.19. The second kappa shape index (κ2) is 10.2. The fraction of sp³-hybridized carbons (Fsp3) is 0.227. The largest absolute Gasteiger partial charge is 0.336 e. The molecule has 0 fully saturated rings. The molecule has 0 aliphatic heterocycles. The molecule has 0 radical (unpaired) electrons. The van der Waals surface area contributed by atoms with Gasteiger partial charge in [-0.3, -0.25) is 10.1 Å². The van der Waals surface area contributed by atoms with Crippen LogP contribution in [-0.4, -0.2) is 23.0 Å². The normalized spacial score (nSPS) is 10.7. The molecule has 0 saturated carbocycles. The van der Waals surface area contributed by atoms with Crippen LogP contribution in [0, 0.1) is 0 Å². The maximum absolute atomic E-state index is 12.5. The highest BCUT2D eigenvalue weighted by Gasteiger charge is 2.10. The molecule has 0 spiro atoms. The zero-order valence-electron chi connectivity index (χ0n) is 16.7. The molecule has 0 unspecified atom stereocenters. The van der Waals surface area contributed by atoms with Gasteiger partial charge in [-0.15, -0.1) is 11.3 Å². The van der Waals surface area contributed by atoms with Crippen molar-refractivity contribution in [1.29, 1.82) is 0 Å². The van der Waals surface area contributed by atoms with E-state index < -0.39 is 0 Å². The smallest absolute Gasteiger partial charge is 0.315 e. The average molecular weight is 443 g/mol. The number of carbonyl (C=O) groups is 2. The number of hydrogen-bond acceptors (Lipinski definition) is 4. The minimum Gasteiger partial charge on any atom is -0.336 e. The van der Waals surface area contributed by atoms with Crippen LogP contribution in [0.5, 0.6) is 0 Å². The summed E-state index contributed by atoms with van der Waals surface area (Å²) in [5, 5.41) is 9.62. The molecule has 3 amide bonds. The molecular formula is C22H23ClN4O2S. The van der Waals surface area contributed by atoms with E-state index in [1.165, 1.54) is 11.3 Å². The van der Waals surface area contributed by atoms with Gasteiger partial charge in [0.1, 0.15) is 0 Å². The van der Waals surface area contributed by atoms with Gasteiger partial charge in [-0.05, 0) is 49.2 Å². The Labute approximate surface area is 184 Å². The van der Waals surface area contributed by atoms with Crippen molar-refractivity contribution in [1.82, 2.24) is 15.6 Å². The monoisotopic (exact) mass is 442 g/mol. The number of rotatable bonds is 7. The Hall–Kier alpha value is -2.90. The SMILES string of the molecule is CC(C)NC(=O)NCc1ccc(C(=O)Nc2ncc(Cc3cccc(Cl)c3)s2)cc1. The lowest BCUT2D eigenvalue weighted by molar-refractivity contribution is 0.102. The van der Waals surface area contributed by atoms with Gasteiger partial charge in [0.05, 0.1) is 0 Å². The molecule has 6 nitrogen and oxygen atoms in total. The topological polar surface area (TPSA) is 83.1 Å². The van der Waals surface area contributed by atoms with E-state index in [0.717, 1.165) is 16.0 Å². The van der Waals surface area contributed by atoms with E-state index in [9.17, 15) is 9.59 Å². The molecule has 0 aliphatic rings. The van der Waals surface area contributed by atoms with E-state index in [0.29, 0.717) is 28.7 Å². The van der Waals surface area contributed by atoms with Gasteiger partial charge in [-0.1, -0.05) is 35.9 Å². The number of hydrogen-bond donors (Lipinski definition) is 3. The molecule has 30 heavy (non-hydrogen) atoms. The van der Waals surface area contributed by atoms with Crippen LogP contribution >= 0.6 is 22.9 Å². The van der Waals surface area contributed by atoms with Crippen molar-refractivity contribution in [2.75, 3.05) is 5.32 Å². The predicted octanol–water partition coefficient (Wildman–Crippen LogP) is 4.85. The third kappa shape index (κ3) is 6.57. The first-order valence-corrected chi connectivity index (χ1v) is 10.7. The standard InChI is InChI=1S/C22H23ClN4O2S/c1-14(2)26-21(29)24-12-15-6-8-17(9-7-15)20(28)27-22-25-13-19(30-22)11-16-4-3-5-18(23)10-16/h3-10,13-14H,11-12H2,1-2H3,(H2,24,26,29)(H,25,27,28). The molecule has 0 atom stereocenters. The highest BCUT2D eigenvalue weighted by molar-refractivity contribution is 7.15.